The average molecular weight is 482 g/mol. The van der Waals surface area contributed by atoms with Crippen molar-refractivity contribution < 1.29 is 13.2 Å². The maximum atomic E-state index is 13.4. The van der Waals surface area contributed by atoms with Gasteiger partial charge in [-0.15, -0.1) is 17.9 Å². The Morgan fingerprint density at radius 2 is 1.88 bits per heavy atom. The molecule has 0 atom stereocenters. The molecular weight excluding hydrogens is 454 g/mol. The Labute approximate surface area is 199 Å². The molecule has 0 unspecified atom stereocenters. The number of hydrogen-bond donors (Lipinski definition) is 0. The standard InChI is InChI=1S/C25H27N3O3S2/c1-4-16-28(25-26-22-10-5-6-11-23(22)32-25)24(29)19-8-7-9-21(17-19)33(30,31)27(3)20-14-12-18(2)13-15-20/h4,7-9,12-15,17H,1,5-6,10-11,16H2,2-3H3. The Kier molecular flexibility index (Phi) is 6.67. The Morgan fingerprint density at radius 1 is 1.15 bits per heavy atom. The molecule has 0 fully saturated rings. The van der Waals surface area contributed by atoms with Gasteiger partial charge in [0.2, 0.25) is 0 Å². The summed E-state index contributed by atoms with van der Waals surface area (Å²) in [5, 5.41) is 0.636. The number of carbonyl (C=O) groups is 1. The smallest absolute Gasteiger partial charge is 0.264 e. The van der Waals surface area contributed by atoms with Gasteiger partial charge in [0.05, 0.1) is 16.3 Å². The van der Waals surface area contributed by atoms with Crippen LogP contribution in [-0.2, 0) is 22.9 Å². The number of carbonyl (C=O) groups excluding carboxylic acids is 1. The first-order valence-electron chi connectivity index (χ1n) is 10.9. The third kappa shape index (κ3) is 4.72. The number of nitrogens with zero attached hydrogens (tertiary/aromatic N) is 3. The molecule has 0 saturated carbocycles. The fourth-order valence-electron chi connectivity index (χ4n) is 3.83. The lowest BCUT2D eigenvalue weighted by atomic mass is 10.0. The zero-order valence-corrected chi connectivity index (χ0v) is 20.5. The van der Waals surface area contributed by atoms with Crippen LogP contribution in [-0.4, -0.2) is 32.9 Å². The minimum absolute atomic E-state index is 0.0633. The van der Waals surface area contributed by atoms with E-state index in [1.165, 1.54) is 39.7 Å². The van der Waals surface area contributed by atoms with E-state index in [1.54, 1.807) is 35.2 Å². The topological polar surface area (TPSA) is 70.6 Å². The molecule has 2 aromatic carbocycles. The summed E-state index contributed by atoms with van der Waals surface area (Å²) in [5.41, 5.74) is 2.96. The number of aromatic nitrogens is 1. The first-order valence-corrected chi connectivity index (χ1v) is 13.1. The van der Waals surface area contributed by atoms with E-state index in [0.29, 0.717) is 22.9 Å². The third-order valence-corrected chi connectivity index (χ3v) is 8.72. The van der Waals surface area contributed by atoms with Crippen molar-refractivity contribution in [1.29, 1.82) is 0 Å². The van der Waals surface area contributed by atoms with Gasteiger partial charge in [0, 0.05) is 24.0 Å². The van der Waals surface area contributed by atoms with Crippen molar-refractivity contribution in [2.24, 2.45) is 0 Å². The Hall–Kier alpha value is -2.97. The molecule has 8 heteroatoms. The average Bonchev–Trinajstić information content (AvgIpc) is 3.26. The molecule has 0 spiro atoms. The summed E-state index contributed by atoms with van der Waals surface area (Å²) in [6.07, 6.45) is 5.83. The maximum absolute atomic E-state index is 13.4. The number of rotatable bonds is 7. The second-order valence-electron chi connectivity index (χ2n) is 8.11. The molecule has 0 aliphatic heterocycles. The highest BCUT2D eigenvalue weighted by atomic mass is 32.2. The highest BCUT2D eigenvalue weighted by Gasteiger charge is 2.26. The molecule has 3 aromatic rings. The summed E-state index contributed by atoms with van der Waals surface area (Å²) < 4.78 is 27.8. The first kappa shape index (κ1) is 23.2. The van der Waals surface area contributed by atoms with Crippen molar-refractivity contribution in [3.63, 3.8) is 0 Å². The minimum atomic E-state index is -3.84. The van der Waals surface area contributed by atoms with Crippen LogP contribution in [0.3, 0.4) is 0 Å². The van der Waals surface area contributed by atoms with E-state index in [9.17, 15) is 13.2 Å². The Morgan fingerprint density at radius 3 is 2.58 bits per heavy atom. The second-order valence-corrected chi connectivity index (χ2v) is 11.1. The van der Waals surface area contributed by atoms with Crippen LogP contribution in [0.2, 0.25) is 0 Å². The van der Waals surface area contributed by atoms with E-state index in [1.807, 2.05) is 19.1 Å². The summed E-state index contributed by atoms with van der Waals surface area (Å²) in [6, 6.07) is 13.4. The summed E-state index contributed by atoms with van der Waals surface area (Å²) in [4.78, 5) is 21.0. The molecule has 1 aliphatic rings. The summed E-state index contributed by atoms with van der Waals surface area (Å²) in [6.45, 7) is 6.03. The molecule has 1 heterocycles. The maximum Gasteiger partial charge on any atom is 0.264 e. The lowest BCUT2D eigenvalue weighted by Gasteiger charge is -2.21. The number of amides is 1. The highest BCUT2D eigenvalue weighted by Crippen LogP contribution is 2.33. The van der Waals surface area contributed by atoms with Crippen LogP contribution < -0.4 is 9.21 Å². The van der Waals surface area contributed by atoms with E-state index in [2.05, 4.69) is 6.58 Å². The lowest BCUT2D eigenvalue weighted by molar-refractivity contribution is 0.0989. The molecule has 4 rings (SSSR count). The van der Waals surface area contributed by atoms with Gasteiger partial charge >= 0.3 is 0 Å². The molecule has 6 nitrogen and oxygen atoms in total. The number of anilines is 2. The fraction of sp³-hybridized carbons (Fsp3) is 0.280. The zero-order chi connectivity index (χ0) is 23.6. The Bertz CT molecular complexity index is 1260. The van der Waals surface area contributed by atoms with Gasteiger partial charge in [-0.25, -0.2) is 13.4 Å². The number of fused-ring (bicyclic) bond motifs is 1. The molecule has 0 saturated heterocycles. The van der Waals surface area contributed by atoms with Gasteiger partial charge in [0.15, 0.2) is 5.13 Å². The zero-order valence-electron chi connectivity index (χ0n) is 18.8. The van der Waals surface area contributed by atoms with Crippen molar-refractivity contribution in [3.8, 4) is 0 Å². The predicted molar refractivity (Wildman–Crippen MR) is 134 cm³/mol. The first-order chi connectivity index (χ1) is 15.8. The van der Waals surface area contributed by atoms with Crippen molar-refractivity contribution >= 4 is 38.1 Å². The minimum Gasteiger partial charge on any atom is -0.280 e. The number of sulfonamides is 1. The van der Waals surface area contributed by atoms with E-state index in [-0.39, 0.29) is 10.8 Å². The van der Waals surface area contributed by atoms with Gasteiger partial charge in [-0.2, -0.15) is 0 Å². The quantitative estimate of drug-likeness (QED) is 0.446. The van der Waals surface area contributed by atoms with Gasteiger partial charge in [-0.3, -0.25) is 14.0 Å². The number of benzene rings is 2. The van der Waals surface area contributed by atoms with Gasteiger partial charge in [0.25, 0.3) is 15.9 Å². The molecule has 0 bridgehead atoms. The SMILES string of the molecule is C=CCN(C(=O)c1cccc(S(=O)(=O)N(C)c2ccc(C)cc2)c1)c1nc2c(s1)CCCC2. The molecule has 33 heavy (non-hydrogen) atoms. The summed E-state index contributed by atoms with van der Waals surface area (Å²) in [7, 11) is -2.32. The molecule has 172 valence electrons. The summed E-state index contributed by atoms with van der Waals surface area (Å²) >= 11 is 1.54. The number of thiazole rings is 1. The molecule has 1 amide bonds. The van der Waals surface area contributed by atoms with Crippen LogP contribution >= 0.6 is 11.3 Å². The molecule has 1 aliphatic carbocycles. The monoisotopic (exact) mass is 481 g/mol. The number of aryl methyl sites for hydroxylation is 3. The molecule has 0 radical (unpaired) electrons. The Balaban J connectivity index is 1.65. The van der Waals surface area contributed by atoms with Gasteiger partial charge < -0.3 is 0 Å². The third-order valence-electron chi connectivity index (χ3n) is 5.76. The van der Waals surface area contributed by atoms with Gasteiger partial charge in [-0.05, 0) is 62.9 Å². The van der Waals surface area contributed by atoms with Crippen molar-refractivity contribution in [2.75, 3.05) is 22.8 Å². The molecule has 0 N–H and O–H groups in total. The number of hydrogen-bond acceptors (Lipinski definition) is 5. The summed E-state index contributed by atoms with van der Waals surface area (Å²) in [5.74, 6) is -0.295. The largest absolute Gasteiger partial charge is 0.280 e. The van der Waals surface area contributed by atoms with Crippen LogP contribution in [0, 0.1) is 6.92 Å². The predicted octanol–water partition coefficient (Wildman–Crippen LogP) is 4.99. The van der Waals surface area contributed by atoms with E-state index in [0.717, 1.165) is 36.9 Å². The van der Waals surface area contributed by atoms with E-state index >= 15 is 0 Å². The van der Waals surface area contributed by atoms with Gasteiger partial charge in [0.1, 0.15) is 0 Å². The van der Waals surface area contributed by atoms with Crippen molar-refractivity contribution in [2.45, 2.75) is 37.5 Å². The van der Waals surface area contributed by atoms with Crippen LogP contribution in [0.4, 0.5) is 10.8 Å². The van der Waals surface area contributed by atoms with Gasteiger partial charge in [-0.1, -0.05) is 29.8 Å². The molecular formula is C25H27N3O3S2. The van der Waals surface area contributed by atoms with Crippen molar-refractivity contribution in [1.82, 2.24) is 4.98 Å². The van der Waals surface area contributed by atoms with Crippen molar-refractivity contribution in [3.05, 3.63) is 82.9 Å². The normalized spacial score (nSPS) is 13.3. The van der Waals surface area contributed by atoms with Crippen LogP contribution in [0.5, 0.6) is 0 Å². The van der Waals surface area contributed by atoms with E-state index < -0.39 is 10.0 Å². The van der Waals surface area contributed by atoms with Crippen LogP contribution in [0.1, 0.15) is 39.3 Å². The van der Waals surface area contributed by atoms with E-state index in [4.69, 9.17) is 4.98 Å². The fourth-order valence-corrected chi connectivity index (χ4v) is 6.23. The van der Waals surface area contributed by atoms with Crippen LogP contribution in [0.25, 0.3) is 0 Å². The lowest BCUT2D eigenvalue weighted by Crippen LogP contribution is -2.31. The highest BCUT2D eigenvalue weighted by molar-refractivity contribution is 7.92. The molecule has 1 aromatic heterocycles. The van der Waals surface area contributed by atoms with Crippen LogP contribution in [0.15, 0.2) is 66.1 Å². The second kappa shape index (κ2) is 9.49.